The van der Waals surface area contributed by atoms with Crippen molar-refractivity contribution >= 4 is 15.9 Å². The predicted molar refractivity (Wildman–Crippen MR) is 83.2 cm³/mol. The number of halogens is 1. The molecule has 0 bridgehead atoms. The summed E-state index contributed by atoms with van der Waals surface area (Å²) in [5.74, 6) is 0. The minimum Gasteiger partial charge on any atom is -0.313 e. The van der Waals surface area contributed by atoms with Gasteiger partial charge in [0, 0.05) is 30.1 Å². The van der Waals surface area contributed by atoms with Crippen molar-refractivity contribution in [2.75, 3.05) is 26.7 Å². The summed E-state index contributed by atoms with van der Waals surface area (Å²) in [6.07, 6.45) is 1.11. The second kappa shape index (κ2) is 7.93. The molecule has 0 amide bonds. The van der Waals surface area contributed by atoms with Crippen molar-refractivity contribution < 1.29 is 0 Å². The van der Waals surface area contributed by atoms with Crippen molar-refractivity contribution in [1.29, 1.82) is 0 Å². The molecule has 0 aliphatic rings. The topological polar surface area (TPSA) is 15.3 Å². The van der Waals surface area contributed by atoms with E-state index in [2.05, 4.69) is 72.2 Å². The molecule has 1 aromatic rings. The van der Waals surface area contributed by atoms with Crippen LogP contribution in [0.3, 0.4) is 0 Å². The molecule has 0 spiro atoms. The molecule has 3 heteroatoms. The van der Waals surface area contributed by atoms with Crippen LogP contribution in [-0.2, 0) is 6.42 Å². The normalized spacial score (nSPS) is 11.5. The number of benzene rings is 1. The Labute approximate surface area is 120 Å². The van der Waals surface area contributed by atoms with Crippen LogP contribution >= 0.6 is 15.9 Å². The summed E-state index contributed by atoms with van der Waals surface area (Å²) in [6, 6.07) is 7.09. The molecule has 1 N–H and O–H groups in total. The Morgan fingerprint density at radius 1 is 1.28 bits per heavy atom. The molecule has 2 nitrogen and oxygen atoms in total. The van der Waals surface area contributed by atoms with E-state index < -0.39 is 0 Å². The highest BCUT2D eigenvalue weighted by molar-refractivity contribution is 9.10. The molecule has 0 fully saturated rings. The molecule has 0 saturated carbocycles. The minimum absolute atomic E-state index is 0.575. The fourth-order valence-corrected chi connectivity index (χ4v) is 2.29. The van der Waals surface area contributed by atoms with Crippen molar-refractivity contribution in [1.82, 2.24) is 10.2 Å². The van der Waals surface area contributed by atoms with Gasteiger partial charge in [-0.3, -0.25) is 0 Å². The highest BCUT2D eigenvalue weighted by atomic mass is 79.9. The largest absolute Gasteiger partial charge is 0.313 e. The highest BCUT2D eigenvalue weighted by Crippen LogP contribution is 2.16. The lowest BCUT2D eigenvalue weighted by atomic mass is 10.1. The molecule has 0 heterocycles. The van der Waals surface area contributed by atoms with Crippen LogP contribution in [0.25, 0.3) is 0 Å². The molecule has 0 unspecified atom stereocenters. The van der Waals surface area contributed by atoms with Crippen LogP contribution in [0.5, 0.6) is 0 Å². The Kier molecular flexibility index (Phi) is 6.90. The van der Waals surface area contributed by atoms with Gasteiger partial charge in [0.25, 0.3) is 0 Å². The van der Waals surface area contributed by atoms with E-state index in [9.17, 15) is 0 Å². The van der Waals surface area contributed by atoms with Crippen molar-refractivity contribution in [3.8, 4) is 0 Å². The average Bonchev–Trinajstić information content (AvgIpc) is 2.30. The molecule has 0 saturated heterocycles. The van der Waals surface area contributed by atoms with Gasteiger partial charge >= 0.3 is 0 Å². The van der Waals surface area contributed by atoms with Gasteiger partial charge in [-0.05, 0) is 43.7 Å². The van der Waals surface area contributed by atoms with Crippen molar-refractivity contribution in [2.45, 2.75) is 33.2 Å². The van der Waals surface area contributed by atoms with Gasteiger partial charge in [0.15, 0.2) is 0 Å². The lowest BCUT2D eigenvalue weighted by Crippen LogP contribution is -2.33. The second-order valence-corrected chi connectivity index (χ2v) is 6.15. The zero-order chi connectivity index (χ0) is 13.5. The number of aryl methyl sites for hydroxylation is 1. The van der Waals surface area contributed by atoms with E-state index >= 15 is 0 Å². The highest BCUT2D eigenvalue weighted by Gasteiger charge is 2.03. The summed E-state index contributed by atoms with van der Waals surface area (Å²) in [6.45, 7) is 9.83. The number of rotatable bonds is 7. The monoisotopic (exact) mass is 312 g/mol. The van der Waals surface area contributed by atoms with Crippen LogP contribution in [0.1, 0.15) is 25.0 Å². The molecule has 102 valence electrons. The van der Waals surface area contributed by atoms with Crippen LogP contribution in [-0.4, -0.2) is 37.6 Å². The molecule has 1 rings (SSSR count). The Morgan fingerprint density at radius 2 is 2.00 bits per heavy atom. The Bertz CT molecular complexity index is 364. The van der Waals surface area contributed by atoms with E-state index in [1.54, 1.807) is 0 Å². The van der Waals surface area contributed by atoms with Gasteiger partial charge in [0.2, 0.25) is 0 Å². The fraction of sp³-hybridized carbons (Fsp3) is 0.600. The van der Waals surface area contributed by atoms with Crippen LogP contribution in [0, 0.1) is 6.92 Å². The van der Waals surface area contributed by atoms with Crippen molar-refractivity contribution in [3.05, 3.63) is 33.8 Å². The molecule has 0 radical (unpaired) electrons. The zero-order valence-electron chi connectivity index (χ0n) is 12.0. The number of nitrogens with zero attached hydrogens (tertiary/aromatic N) is 1. The first kappa shape index (κ1) is 15.7. The van der Waals surface area contributed by atoms with Gasteiger partial charge in [-0.1, -0.05) is 35.8 Å². The van der Waals surface area contributed by atoms with Gasteiger partial charge in [-0.25, -0.2) is 0 Å². The van der Waals surface area contributed by atoms with Crippen LogP contribution in [0.2, 0.25) is 0 Å². The lowest BCUT2D eigenvalue weighted by molar-refractivity contribution is 0.330. The summed E-state index contributed by atoms with van der Waals surface area (Å²) in [5.41, 5.74) is 2.82. The van der Waals surface area contributed by atoms with E-state index in [1.807, 2.05) is 0 Å². The maximum absolute atomic E-state index is 3.54. The third kappa shape index (κ3) is 5.98. The van der Waals surface area contributed by atoms with Crippen molar-refractivity contribution in [2.24, 2.45) is 0 Å². The van der Waals surface area contributed by atoms with E-state index in [0.29, 0.717) is 6.04 Å². The molecule has 0 atom stereocenters. The summed E-state index contributed by atoms with van der Waals surface area (Å²) >= 11 is 3.54. The first-order valence-electron chi connectivity index (χ1n) is 6.66. The SMILES string of the molecule is Cc1ccc(Br)cc1CCN(C)CCNC(C)C. The first-order valence-corrected chi connectivity index (χ1v) is 7.45. The van der Waals surface area contributed by atoms with E-state index in [1.165, 1.54) is 15.6 Å². The van der Waals surface area contributed by atoms with Gasteiger partial charge in [0.1, 0.15) is 0 Å². The molecule has 0 aromatic heterocycles. The Hall–Kier alpha value is -0.380. The molecular formula is C15H25BrN2. The fourth-order valence-electron chi connectivity index (χ4n) is 1.88. The maximum Gasteiger partial charge on any atom is 0.0178 e. The van der Waals surface area contributed by atoms with E-state index in [-0.39, 0.29) is 0 Å². The quantitative estimate of drug-likeness (QED) is 0.831. The van der Waals surface area contributed by atoms with Gasteiger partial charge in [0.05, 0.1) is 0 Å². The van der Waals surface area contributed by atoms with Gasteiger partial charge in [-0.2, -0.15) is 0 Å². The smallest absolute Gasteiger partial charge is 0.0178 e. The third-order valence-electron chi connectivity index (χ3n) is 3.12. The van der Waals surface area contributed by atoms with E-state index in [0.717, 1.165) is 26.1 Å². The zero-order valence-corrected chi connectivity index (χ0v) is 13.5. The molecular weight excluding hydrogens is 288 g/mol. The number of nitrogens with one attached hydrogen (secondary N) is 1. The third-order valence-corrected chi connectivity index (χ3v) is 3.61. The number of hydrogen-bond donors (Lipinski definition) is 1. The maximum atomic E-state index is 3.54. The summed E-state index contributed by atoms with van der Waals surface area (Å²) < 4.78 is 1.17. The average molecular weight is 313 g/mol. The van der Waals surface area contributed by atoms with Crippen molar-refractivity contribution in [3.63, 3.8) is 0 Å². The lowest BCUT2D eigenvalue weighted by Gasteiger charge is -2.18. The summed E-state index contributed by atoms with van der Waals surface area (Å²) in [4.78, 5) is 2.38. The summed E-state index contributed by atoms with van der Waals surface area (Å²) in [7, 11) is 2.19. The first-order chi connectivity index (χ1) is 8.49. The summed E-state index contributed by atoms with van der Waals surface area (Å²) in [5, 5.41) is 3.45. The number of likely N-dealkylation sites (N-methyl/N-ethyl adjacent to an activating group) is 1. The van der Waals surface area contributed by atoms with Gasteiger partial charge < -0.3 is 10.2 Å². The number of hydrogen-bond acceptors (Lipinski definition) is 2. The molecule has 1 aromatic carbocycles. The standard InChI is InChI=1S/C15H25BrN2/c1-12(2)17-8-10-18(4)9-7-14-11-15(16)6-5-13(14)3/h5-6,11-12,17H,7-10H2,1-4H3. The molecule has 18 heavy (non-hydrogen) atoms. The Morgan fingerprint density at radius 3 is 2.67 bits per heavy atom. The van der Waals surface area contributed by atoms with Crippen LogP contribution < -0.4 is 5.32 Å². The van der Waals surface area contributed by atoms with E-state index in [4.69, 9.17) is 0 Å². The molecule has 0 aliphatic carbocycles. The van der Waals surface area contributed by atoms with Gasteiger partial charge in [-0.15, -0.1) is 0 Å². The Balaban J connectivity index is 2.33. The minimum atomic E-state index is 0.575. The van der Waals surface area contributed by atoms with Crippen LogP contribution in [0.15, 0.2) is 22.7 Å². The van der Waals surface area contributed by atoms with Crippen LogP contribution in [0.4, 0.5) is 0 Å². The second-order valence-electron chi connectivity index (χ2n) is 5.23. The molecule has 0 aliphatic heterocycles. The predicted octanol–water partition coefficient (Wildman–Crippen LogP) is 3.23.